The van der Waals surface area contributed by atoms with Gasteiger partial charge in [-0.25, -0.2) is 0 Å². The van der Waals surface area contributed by atoms with Crippen LogP contribution in [0.4, 0.5) is 0 Å². The number of benzene rings is 1. The summed E-state index contributed by atoms with van der Waals surface area (Å²) < 4.78 is 0. The fraction of sp³-hybridized carbons (Fsp3) is 0.500. The zero-order chi connectivity index (χ0) is 21.1. The number of allylic oxidation sites excluding steroid dienone is 5. The molecule has 0 atom stereocenters. The smallest absolute Gasteiger partial charge is 0.131 e. The van der Waals surface area contributed by atoms with Crippen LogP contribution in [-0.2, 0) is 0 Å². The van der Waals surface area contributed by atoms with Gasteiger partial charge >= 0.3 is 0 Å². The predicted molar refractivity (Wildman–Crippen MR) is 131 cm³/mol. The zero-order valence-electron chi connectivity index (χ0n) is 19.0. The maximum absolute atomic E-state index is 4.78. The van der Waals surface area contributed by atoms with Gasteiger partial charge in [0.1, 0.15) is 5.84 Å². The Morgan fingerprint density at radius 2 is 1.69 bits per heavy atom. The summed E-state index contributed by atoms with van der Waals surface area (Å²) >= 11 is 1.92. The Kier molecular flexibility index (Phi) is 10.3. The van der Waals surface area contributed by atoms with Crippen LogP contribution in [0.15, 0.2) is 69.1 Å². The molecule has 158 valence electrons. The molecule has 1 aliphatic rings. The third kappa shape index (κ3) is 8.65. The molecule has 0 bridgehead atoms. The van der Waals surface area contributed by atoms with E-state index in [0.29, 0.717) is 0 Å². The Balaban J connectivity index is 1.84. The first-order valence-electron chi connectivity index (χ1n) is 10.9. The van der Waals surface area contributed by atoms with Crippen molar-refractivity contribution >= 4 is 17.6 Å². The summed E-state index contributed by atoms with van der Waals surface area (Å²) in [5.41, 5.74) is 5.69. The summed E-state index contributed by atoms with van der Waals surface area (Å²) in [6.07, 6.45) is 12.9. The van der Waals surface area contributed by atoms with Gasteiger partial charge in [0, 0.05) is 36.3 Å². The molecule has 0 spiro atoms. The summed E-state index contributed by atoms with van der Waals surface area (Å²) in [6.45, 7) is 10.9. The number of hydrogen-bond donors (Lipinski definition) is 0. The van der Waals surface area contributed by atoms with Crippen molar-refractivity contribution in [1.82, 2.24) is 4.90 Å². The monoisotopic (exact) mass is 410 g/mol. The van der Waals surface area contributed by atoms with E-state index in [0.717, 1.165) is 50.4 Å². The minimum Gasteiger partial charge on any atom is -0.359 e. The first-order valence-corrected chi connectivity index (χ1v) is 11.9. The van der Waals surface area contributed by atoms with Gasteiger partial charge in [0.25, 0.3) is 0 Å². The van der Waals surface area contributed by atoms with Crippen LogP contribution in [0.3, 0.4) is 0 Å². The van der Waals surface area contributed by atoms with Crippen molar-refractivity contribution in [2.24, 2.45) is 4.99 Å². The molecule has 1 aromatic carbocycles. The molecule has 0 aromatic heterocycles. The van der Waals surface area contributed by atoms with Crippen LogP contribution in [-0.4, -0.2) is 36.6 Å². The van der Waals surface area contributed by atoms with Gasteiger partial charge in [-0.15, -0.1) is 11.8 Å². The van der Waals surface area contributed by atoms with Crippen molar-refractivity contribution in [3.05, 3.63) is 64.8 Å². The van der Waals surface area contributed by atoms with Crippen LogP contribution in [0.5, 0.6) is 0 Å². The van der Waals surface area contributed by atoms with Crippen molar-refractivity contribution in [2.45, 2.75) is 64.7 Å². The summed E-state index contributed by atoms with van der Waals surface area (Å²) in [5, 5.41) is 0. The van der Waals surface area contributed by atoms with E-state index in [4.69, 9.17) is 4.99 Å². The molecule has 0 unspecified atom stereocenters. The zero-order valence-corrected chi connectivity index (χ0v) is 19.8. The predicted octanol–water partition coefficient (Wildman–Crippen LogP) is 7.28. The molecule has 1 aromatic rings. The van der Waals surface area contributed by atoms with E-state index in [1.54, 1.807) is 0 Å². The van der Waals surface area contributed by atoms with Crippen LogP contribution >= 0.6 is 11.8 Å². The number of nitrogens with zero attached hydrogens (tertiary/aromatic N) is 2. The molecule has 0 radical (unpaired) electrons. The summed E-state index contributed by atoms with van der Waals surface area (Å²) in [6, 6.07) is 8.70. The van der Waals surface area contributed by atoms with Gasteiger partial charge in [-0.3, -0.25) is 4.99 Å². The van der Waals surface area contributed by atoms with E-state index >= 15 is 0 Å². The third-order valence-electron chi connectivity index (χ3n) is 5.20. The van der Waals surface area contributed by atoms with Gasteiger partial charge in [0.15, 0.2) is 0 Å². The van der Waals surface area contributed by atoms with E-state index < -0.39 is 0 Å². The maximum atomic E-state index is 4.78. The molecular weight excluding hydrogens is 372 g/mol. The Bertz CT molecular complexity index is 767. The van der Waals surface area contributed by atoms with Crippen LogP contribution in [0.2, 0.25) is 0 Å². The largest absolute Gasteiger partial charge is 0.359 e. The number of aliphatic imine (C=N–C) groups is 1. The molecular formula is C26H38N2S. The van der Waals surface area contributed by atoms with Gasteiger partial charge < -0.3 is 4.90 Å². The molecule has 2 rings (SSSR count). The van der Waals surface area contributed by atoms with E-state index in [2.05, 4.69) is 82.1 Å². The highest BCUT2D eigenvalue weighted by Gasteiger charge is 2.16. The molecule has 1 heterocycles. The molecule has 0 saturated carbocycles. The van der Waals surface area contributed by atoms with E-state index in [1.807, 2.05) is 11.8 Å². The van der Waals surface area contributed by atoms with Crippen molar-refractivity contribution in [1.29, 1.82) is 0 Å². The van der Waals surface area contributed by atoms with Crippen molar-refractivity contribution in [3.63, 3.8) is 0 Å². The first-order chi connectivity index (χ1) is 14.0. The Labute approximate surface area is 182 Å². The van der Waals surface area contributed by atoms with E-state index in [-0.39, 0.29) is 0 Å². The lowest BCUT2D eigenvalue weighted by atomic mass is 10.1. The molecule has 0 saturated heterocycles. The highest BCUT2D eigenvalue weighted by molar-refractivity contribution is 7.99. The van der Waals surface area contributed by atoms with Gasteiger partial charge in [-0.1, -0.05) is 53.1 Å². The average Bonchev–Trinajstić information content (AvgIpc) is 2.68. The molecule has 1 aliphatic heterocycles. The molecule has 0 amide bonds. The highest BCUT2D eigenvalue weighted by atomic mass is 32.2. The molecule has 0 aliphatic carbocycles. The number of rotatable bonds is 10. The summed E-state index contributed by atoms with van der Waals surface area (Å²) in [5.74, 6) is 2.16. The van der Waals surface area contributed by atoms with Crippen molar-refractivity contribution in [2.75, 3.05) is 25.9 Å². The minimum absolute atomic E-state index is 0.943. The summed E-state index contributed by atoms with van der Waals surface area (Å²) in [4.78, 5) is 8.40. The molecule has 2 nitrogen and oxygen atoms in total. The fourth-order valence-corrected chi connectivity index (χ4v) is 4.44. The fourth-order valence-electron chi connectivity index (χ4n) is 3.40. The van der Waals surface area contributed by atoms with Crippen molar-refractivity contribution < 1.29 is 0 Å². The molecule has 0 fully saturated rings. The molecule has 0 N–H and O–H groups in total. The summed E-state index contributed by atoms with van der Waals surface area (Å²) in [7, 11) is 2.15. The van der Waals surface area contributed by atoms with Gasteiger partial charge in [-0.05, 0) is 65.9 Å². The van der Waals surface area contributed by atoms with Crippen LogP contribution < -0.4 is 0 Å². The average molecular weight is 411 g/mol. The SMILES string of the molecule is CC(C)=CCC/C(C)=C/CC/C(C)=C/CSc1ccccc1C1=NCCCN1C. The lowest BCUT2D eigenvalue weighted by molar-refractivity contribution is 0.467. The normalized spacial score (nSPS) is 15.3. The number of hydrogen-bond acceptors (Lipinski definition) is 3. The maximum Gasteiger partial charge on any atom is 0.131 e. The lowest BCUT2D eigenvalue weighted by Crippen LogP contribution is -2.33. The third-order valence-corrected chi connectivity index (χ3v) is 6.20. The van der Waals surface area contributed by atoms with Crippen molar-refractivity contribution in [3.8, 4) is 0 Å². The molecule has 29 heavy (non-hydrogen) atoms. The quantitative estimate of drug-likeness (QED) is 0.297. The van der Waals surface area contributed by atoms with E-state index in [1.165, 1.54) is 33.6 Å². The second kappa shape index (κ2) is 12.7. The van der Waals surface area contributed by atoms with Crippen LogP contribution in [0.1, 0.15) is 65.4 Å². The second-order valence-electron chi connectivity index (χ2n) is 8.25. The standard InChI is InChI=1S/C26H38N2S/c1-21(2)11-8-12-22(3)13-9-14-23(4)17-20-29-25-16-7-6-15-24(25)26-27-18-10-19-28(26)5/h6-7,11,13,15-17H,8-10,12,14,18-20H2,1-5H3/b22-13+,23-17+. The van der Waals surface area contributed by atoms with Crippen LogP contribution in [0.25, 0.3) is 0 Å². The Hall–Kier alpha value is -1.74. The minimum atomic E-state index is 0.943. The Morgan fingerprint density at radius 1 is 1.00 bits per heavy atom. The first kappa shape index (κ1) is 23.5. The second-order valence-corrected chi connectivity index (χ2v) is 9.31. The highest BCUT2D eigenvalue weighted by Crippen LogP contribution is 2.26. The molecule has 3 heteroatoms. The lowest BCUT2D eigenvalue weighted by Gasteiger charge is -2.26. The number of amidine groups is 1. The topological polar surface area (TPSA) is 15.6 Å². The van der Waals surface area contributed by atoms with E-state index in [9.17, 15) is 0 Å². The number of thioether (sulfide) groups is 1. The van der Waals surface area contributed by atoms with Crippen LogP contribution in [0, 0.1) is 0 Å². The van der Waals surface area contributed by atoms with Gasteiger partial charge in [0.05, 0.1) is 0 Å². The Morgan fingerprint density at radius 3 is 2.41 bits per heavy atom. The van der Waals surface area contributed by atoms with Gasteiger partial charge in [0.2, 0.25) is 0 Å². The van der Waals surface area contributed by atoms with Gasteiger partial charge in [-0.2, -0.15) is 0 Å².